The number of aromatic amines is 1. The number of carbonyl (C=O) groups is 1. The van der Waals surface area contributed by atoms with E-state index in [9.17, 15) is 13.6 Å². The summed E-state index contributed by atoms with van der Waals surface area (Å²) < 4.78 is 32.3. The molecule has 6 heteroatoms. The van der Waals surface area contributed by atoms with Gasteiger partial charge in [-0.2, -0.15) is 0 Å². The number of hydrogen-bond acceptors (Lipinski definition) is 2. The van der Waals surface area contributed by atoms with Gasteiger partial charge in [-0.3, -0.25) is 4.79 Å². The van der Waals surface area contributed by atoms with Gasteiger partial charge in [-0.1, -0.05) is 12.1 Å². The van der Waals surface area contributed by atoms with E-state index in [4.69, 9.17) is 4.74 Å². The SMILES string of the molecule is Cc1[nH]c2c(F)ccc(C)c2c1CCNC(=O)COc1cccc(F)c1. The number of halogens is 2. The molecule has 0 aliphatic rings. The molecule has 0 atom stereocenters. The van der Waals surface area contributed by atoms with Crippen LogP contribution in [0.4, 0.5) is 8.78 Å². The Hall–Kier alpha value is -2.89. The molecule has 0 unspecified atom stereocenters. The molecule has 136 valence electrons. The first-order valence-electron chi connectivity index (χ1n) is 8.37. The van der Waals surface area contributed by atoms with Crippen LogP contribution < -0.4 is 10.1 Å². The first-order valence-corrected chi connectivity index (χ1v) is 8.37. The summed E-state index contributed by atoms with van der Waals surface area (Å²) in [6, 6.07) is 8.83. The summed E-state index contributed by atoms with van der Waals surface area (Å²) in [4.78, 5) is 15.0. The zero-order valence-electron chi connectivity index (χ0n) is 14.7. The molecule has 0 aliphatic carbocycles. The van der Waals surface area contributed by atoms with Crippen molar-refractivity contribution in [3.8, 4) is 5.75 Å². The third kappa shape index (κ3) is 3.85. The minimum absolute atomic E-state index is 0.190. The Kier molecular flexibility index (Phi) is 5.21. The maximum Gasteiger partial charge on any atom is 0.257 e. The minimum Gasteiger partial charge on any atom is -0.484 e. The van der Waals surface area contributed by atoms with Crippen LogP contribution in [0.2, 0.25) is 0 Å². The van der Waals surface area contributed by atoms with E-state index in [1.807, 2.05) is 13.8 Å². The third-order valence-electron chi connectivity index (χ3n) is 4.29. The van der Waals surface area contributed by atoms with Gasteiger partial charge in [-0.05, 0) is 49.6 Å². The molecule has 3 rings (SSSR count). The van der Waals surface area contributed by atoms with E-state index in [0.29, 0.717) is 24.2 Å². The van der Waals surface area contributed by atoms with Gasteiger partial charge in [0.1, 0.15) is 17.4 Å². The Bertz CT molecular complexity index is 950. The van der Waals surface area contributed by atoms with Crippen molar-refractivity contribution in [3.05, 3.63) is 64.9 Å². The molecule has 0 radical (unpaired) electrons. The molecule has 0 saturated heterocycles. The average molecular weight is 358 g/mol. The molecule has 0 aliphatic heterocycles. The standard InChI is InChI=1S/C20H20F2N2O2/c1-12-6-7-17(22)20-19(12)16(13(2)24-20)8-9-23-18(25)11-26-15-5-3-4-14(21)10-15/h3-7,10,24H,8-9,11H2,1-2H3,(H,23,25). The van der Waals surface area contributed by atoms with Crippen LogP contribution in [-0.2, 0) is 11.2 Å². The molecule has 4 nitrogen and oxygen atoms in total. The maximum absolute atomic E-state index is 14.0. The Morgan fingerprint density at radius 2 is 2.00 bits per heavy atom. The van der Waals surface area contributed by atoms with Gasteiger partial charge in [0.25, 0.3) is 5.91 Å². The van der Waals surface area contributed by atoms with Crippen molar-refractivity contribution in [2.24, 2.45) is 0 Å². The van der Waals surface area contributed by atoms with Crippen LogP contribution in [0, 0.1) is 25.5 Å². The van der Waals surface area contributed by atoms with Crippen molar-refractivity contribution in [1.29, 1.82) is 0 Å². The molecule has 0 fully saturated rings. The van der Waals surface area contributed by atoms with Crippen LogP contribution in [0.5, 0.6) is 5.75 Å². The lowest BCUT2D eigenvalue weighted by atomic mass is 10.0. The first-order chi connectivity index (χ1) is 12.5. The smallest absolute Gasteiger partial charge is 0.257 e. The first kappa shape index (κ1) is 17.9. The van der Waals surface area contributed by atoms with Crippen molar-refractivity contribution >= 4 is 16.8 Å². The predicted molar refractivity (Wildman–Crippen MR) is 96.3 cm³/mol. The fraction of sp³-hybridized carbons (Fsp3) is 0.250. The van der Waals surface area contributed by atoms with Crippen LogP contribution in [0.3, 0.4) is 0 Å². The third-order valence-corrected chi connectivity index (χ3v) is 4.29. The number of rotatable bonds is 6. The quantitative estimate of drug-likeness (QED) is 0.704. The number of benzene rings is 2. The van der Waals surface area contributed by atoms with Gasteiger partial charge >= 0.3 is 0 Å². The van der Waals surface area contributed by atoms with E-state index in [1.54, 1.807) is 12.1 Å². The van der Waals surface area contributed by atoms with Gasteiger partial charge in [-0.25, -0.2) is 8.78 Å². The maximum atomic E-state index is 14.0. The summed E-state index contributed by atoms with van der Waals surface area (Å²) in [7, 11) is 0. The molecule has 1 aromatic heterocycles. The molecular formula is C20H20F2N2O2. The van der Waals surface area contributed by atoms with Gasteiger partial charge in [0.2, 0.25) is 0 Å². The summed E-state index contributed by atoms with van der Waals surface area (Å²) >= 11 is 0. The number of H-pyrrole nitrogens is 1. The predicted octanol–water partition coefficient (Wildman–Crippen LogP) is 3.80. The summed E-state index contributed by atoms with van der Waals surface area (Å²) in [5.41, 5.74) is 3.36. The number of hydrogen-bond donors (Lipinski definition) is 2. The lowest BCUT2D eigenvalue weighted by molar-refractivity contribution is -0.123. The van der Waals surface area contributed by atoms with Gasteiger partial charge in [0, 0.05) is 23.7 Å². The summed E-state index contributed by atoms with van der Waals surface area (Å²) in [6.07, 6.45) is 0.571. The lowest BCUT2D eigenvalue weighted by Crippen LogP contribution is -2.30. The molecule has 1 heterocycles. The highest BCUT2D eigenvalue weighted by Crippen LogP contribution is 2.27. The normalized spacial score (nSPS) is 10.9. The molecule has 1 amide bonds. The van der Waals surface area contributed by atoms with E-state index in [-0.39, 0.29) is 18.3 Å². The van der Waals surface area contributed by atoms with Crippen molar-refractivity contribution < 1.29 is 18.3 Å². The van der Waals surface area contributed by atoms with Crippen LogP contribution in [0.15, 0.2) is 36.4 Å². The highest BCUT2D eigenvalue weighted by atomic mass is 19.1. The fourth-order valence-corrected chi connectivity index (χ4v) is 3.04. The zero-order chi connectivity index (χ0) is 18.7. The monoisotopic (exact) mass is 358 g/mol. The van der Waals surface area contributed by atoms with Crippen LogP contribution in [0.1, 0.15) is 16.8 Å². The lowest BCUT2D eigenvalue weighted by Gasteiger charge is -2.08. The van der Waals surface area contributed by atoms with Gasteiger partial charge < -0.3 is 15.0 Å². The van der Waals surface area contributed by atoms with Crippen LogP contribution in [0.25, 0.3) is 10.9 Å². The average Bonchev–Trinajstić information content (AvgIpc) is 2.94. The topological polar surface area (TPSA) is 54.1 Å². The van der Waals surface area contributed by atoms with E-state index in [0.717, 1.165) is 22.2 Å². The highest BCUT2D eigenvalue weighted by molar-refractivity contribution is 5.88. The molecule has 0 bridgehead atoms. The zero-order valence-corrected chi connectivity index (χ0v) is 14.7. The second-order valence-electron chi connectivity index (χ2n) is 6.19. The van der Waals surface area contributed by atoms with Crippen LogP contribution in [-0.4, -0.2) is 24.0 Å². The van der Waals surface area contributed by atoms with Crippen molar-refractivity contribution in [3.63, 3.8) is 0 Å². The van der Waals surface area contributed by atoms with Crippen LogP contribution >= 0.6 is 0 Å². The van der Waals surface area contributed by atoms with Crippen molar-refractivity contribution in [2.45, 2.75) is 20.3 Å². The number of fused-ring (bicyclic) bond motifs is 1. The number of ether oxygens (including phenoxy) is 1. The molecule has 26 heavy (non-hydrogen) atoms. The molecule has 0 saturated carbocycles. The molecule has 3 aromatic rings. The largest absolute Gasteiger partial charge is 0.484 e. The minimum atomic E-state index is -0.416. The second kappa shape index (κ2) is 7.56. The molecular weight excluding hydrogens is 338 g/mol. The van der Waals surface area contributed by atoms with Gasteiger partial charge in [-0.15, -0.1) is 0 Å². The van der Waals surface area contributed by atoms with E-state index in [2.05, 4.69) is 10.3 Å². The number of aryl methyl sites for hydroxylation is 2. The molecule has 2 aromatic carbocycles. The fourth-order valence-electron chi connectivity index (χ4n) is 3.04. The molecule has 2 N–H and O–H groups in total. The van der Waals surface area contributed by atoms with E-state index in [1.165, 1.54) is 24.3 Å². The summed E-state index contributed by atoms with van der Waals surface area (Å²) in [6.45, 7) is 4.03. The Labute approximate surface area is 150 Å². The van der Waals surface area contributed by atoms with Gasteiger partial charge in [0.05, 0.1) is 5.52 Å². The number of nitrogens with one attached hydrogen (secondary N) is 2. The summed E-state index contributed by atoms with van der Waals surface area (Å²) in [5, 5.41) is 3.63. The van der Waals surface area contributed by atoms with Gasteiger partial charge in [0.15, 0.2) is 6.61 Å². The Balaban J connectivity index is 1.58. The highest BCUT2D eigenvalue weighted by Gasteiger charge is 2.14. The summed E-state index contributed by atoms with van der Waals surface area (Å²) in [5.74, 6) is -0.693. The Morgan fingerprint density at radius 1 is 1.19 bits per heavy atom. The van der Waals surface area contributed by atoms with E-state index < -0.39 is 5.82 Å². The second-order valence-corrected chi connectivity index (χ2v) is 6.19. The number of carbonyl (C=O) groups excluding carboxylic acids is 1. The number of aromatic nitrogens is 1. The molecule has 0 spiro atoms. The Morgan fingerprint density at radius 3 is 2.77 bits per heavy atom. The van der Waals surface area contributed by atoms with E-state index >= 15 is 0 Å². The van der Waals surface area contributed by atoms with Crippen molar-refractivity contribution in [1.82, 2.24) is 10.3 Å². The van der Waals surface area contributed by atoms with Crippen molar-refractivity contribution in [2.75, 3.05) is 13.2 Å². The number of amides is 1.